The number of nitrogens with zero attached hydrogens (tertiary/aromatic N) is 5. The molecule has 6 rings (SSSR count). The minimum Gasteiger partial charge on any atom is -0.464 e. The van der Waals surface area contributed by atoms with E-state index in [-0.39, 0.29) is 30.3 Å². The zero-order valence-corrected chi connectivity index (χ0v) is 22.9. The van der Waals surface area contributed by atoms with E-state index in [1.54, 1.807) is 18.2 Å². The van der Waals surface area contributed by atoms with Crippen molar-refractivity contribution < 1.29 is 28.6 Å². The third kappa shape index (κ3) is 4.99. The lowest BCUT2D eigenvalue weighted by Crippen LogP contribution is -2.46. The van der Waals surface area contributed by atoms with E-state index in [9.17, 15) is 14.4 Å². The number of urea groups is 1. The number of hydrogen-bond acceptors (Lipinski definition) is 9. The summed E-state index contributed by atoms with van der Waals surface area (Å²) >= 11 is 0. The van der Waals surface area contributed by atoms with Crippen molar-refractivity contribution in [1.82, 2.24) is 29.7 Å². The van der Waals surface area contributed by atoms with Gasteiger partial charge < -0.3 is 29.0 Å². The van der Waals surface area contributed by atoms with Crippen molar-refractivity contribution in [3.8, 4) is 0 Å². The van der Waals surface area contributed by atoms with Crippen molar-refractivity contribution in [2.24, 2.45) is 5.92 Å². The first-order valence-electron chi connectivity index (χ1n) is 14.1. The van der Waals surface area contributed by atoms with Crippen molar-refractivity contribution in [3.63, 3.8) is 0 Å². The van der Waals surface area contributed by atoms with E-state index in [0.717, 1.165) is 12.0 Å². The molecule has 1 aliphatic carbocycles. The lowest BCUT2D eigenvalue weighted by molar-refractivity contribution is -0.156. The summed E-state index contributed by atoms with van der Waals surface area (Å²) in [6.07, 6.45) is 3.02. The number of benzene rings is 1. The fourth-order valence-electron chi connectivity index (χ4n) is 6.14. The third-order valence-corrected chi connectivity index (χ3v) is 7.93. The molecular formula is C28H33N7O6. The van der Waals surface area contributed by atoms with Crippen LogP contribution in [0, 0.1) is 5.92 Å². The highest BCUT2D eigenvalue weighted by molar-refractivity contribution is 5.95. The number of nitrogens with one attached hydrogen (secondary N) is 2. The van der Waals surface area contributed by atoms with Crippen molar-refractivity contribution >= 4 is 34.9 Å². The second kappa shape index (κ2) is 11.4. The molecule has 0 spiro atoms. The maximum atomic E-state index is 14.0. The van der Waals surface area contributed by atoms with E-state index < -0.39 is 36.5 Å². The molecule has 3 fully saturated rings. The van der Waals surface area contributed by atoms with Crippen molar-refractivity contribution in [3.05, 3.63) is 48.5 Å². The SMILES string of the molecule is CCNC(=O)Nc1ncnc2c1ncn2C1CC(C(=O)N2CCC[C@@H]2C(=O)OCC)C2O[C@H](c3ccccc3)OC21. The van der Waals surface area contributed by atoms with Gasteiger partial charge in [-0.15, -0.1) is 0 Å². The monoisotopic (exact) mass is 563 g/mol. The van der Waals surface area contributed by atoms with Crippen LogP contribution in [0.15, 0.2) is 43.0 Å². The number of carbonyl (C=O) groups excluding carboxylic acids is 3. The molecule has 2 aromatic heterocycles. The summed E-state index contributed by atoms with van der Waals surface area (Å²) in [4.78, 5) is 53.7. The average molecular weight is 564 g/mol. The first-order valence-corrected chi connectivity index (χ1v) is 14.1. The lowest BCUT2D eigenvalue weighted by Gasteiger charge is -2.28. The Kier molecular flexibility index (Phi) is 7.54. The van der Waals surface area contributed by atoms with E-state index in [1.165, 1.54) is 6.33 Å². The Morgan fingerprint density at radius 3 is 2.66 bits per heavy atom. The van der Waals surface area contributed by atoms with Gasteiger partial charge in [0.2, 0.25) is 5.91 Å². The first-order chi connectivity index (χ1) is 20.0. The Hall–Kier alpha value is -4.10. The van der Waals surface area contributed by atoms with Gasteiger partial charge in [0.1, 0.15) is 24.6 Å². The minimum atomic E-state index is -0.650. The molecule has 2 aliphatic heterocycles. The zero-order valence-electron chi connectivity index (χ0n) is 22.9. The summed E-state index contributed by atoms with van der Waals surface area (Å²) in [7, 11) is 0. The normalized spacial score (nSPS) is 27.1. The number of carbonyl (C=O) groups is 3. The molecule has 4 heterocycles. The molecule has 3 aromatic rings. The summed E-state index contributed by atoms with van der Waals surface area (Å²) in [5.41, 5.74) is 1.77. The van der Waals surface area contributed by atoms with Gasteiger partial charge in [-0.25, -0.2) is 24.5 Å². The van der Waals surface area contributed by atoms with E-state index in [2.05, 4.69) is 25.6 Å². The van der Waals surface area contributed by atoms with Crippen molar-refractivity contribution in [1.29, 1.82) is 0 Å². The van der Waals surface area contributed by atoms with Gasteiger partial charge in [-0.3, -0.25) is 10.1 Å². The van der Waals surface area contributed by atoms with Gasteiger partial charge >= 0.3 is 12.0 Å². The van der Waals surface area contributed by atoms with Gasteiger partial charge in [0.15, 0.2) is 23.3 Å². The maximum Gasteiger partial charge on any atom is 0.328 e. The van der Waals surface area contributed by atoms with Crippen LogP contribution in [0.4, 0.5) is 10.6 Å². The van der Waals surface area contributed by atoms with Crippen molar-refractivity contribution in [2.45, 2.75) is 63.7 Å². The number of ether oxygens (including phenoxy) is 3. The molecule has 2 N–H and O–H groups in total. The van der Waals surface area contributed by atoms with E-state index in [1.807, 2.05) is 41.8 Å². The molecule has 13 nitrogen and oxygen atoms in total. The van der Waals surface area contributed by atoms with Crippen LogP contribution >= 0.6 is 0 Å². The fraction of sp³-hybridized carbons (Fsp3) is 0.500. The number of amides is 3. The van der Waals surface area contributed by atoms with Gasteiger partial charge in [-0.1, -0.05) is 30.3 Å². The molecule has 2 saturated heterocycles. The van der Waals surface area contributed by atoms with E-state index >= 15 is 0 Å². The van der Waals surface area contributed by atoms with Gasteiger partial charge in [-0.2, -0.15) is 0 Å². The van der Waals surface area contributed by atoms with Gasteiger partial charge in [0.25, 0.3) is 0 Å². The molecule has 4 unspecified atom stereocenters. The summed E-state index contributed by atoms with van der Waals surface area (Å²) < 4.78 is 20.0. The fourth-order valence-corrected chi connectivity index (χ4v) is 6.14. The number of anilines is 1. The summed E-state index contributed by atoms with van der Waals surface area (Å²) in [5, 5.41) is 5.40. The third-order valence-electron chi connectivity index (χ3n) is 7.93. The molecule has 6 atom stereocenters. The average Bonchev–Trinajstić information content (AvgIpc) is 3.77. The predicted octanol–water partition coefficient (Wildman–Crippen LogP) is 2.57. The molecule has 1 aromatic carbocycles. The highest BCUT2D eigenvalue weighted by Gasteiger charge is 2.56. The number of esters is 1. The predicted molar refractivity (Wildman–Crippen MR) is 145 cm³/mol. The molecule has 0 bridgehead atoms. The van der Waals surface area contributed by atoms with E-state index in [0.29, 0.717) is 37.1 Å². The van der Waals surface area contributed by atoms with Crippen LogP contribution in [-0.2, 0) is 23.8 Å². The highest BCUT2D eigenvalue weighted by atomic mass is 16.7. The van der Waals surface area contributed by atoms with Crippen LogP contribution in [0.1, 0.15) is 51.0 Å². The number of hydrogen-bond donors (Lipinski definition) is 2. The van der Waals surface area contributed by atoms with Gasteiger partial charge in [-0.05, 0) is 33.1 Å². The molecular weight excluding hydrogens is 530 g/mol. The van der Waals surface area contributed by atoms with Crippen LogP contribution in [0.5, 0.6) is 0 Å². The molecule has 3 aliphatic rings. The zero-order chi connectivity index (χ0) is 28.5. The quantitative estimate of drug-likeness (QED) is 0.414. The van der Waals surface area contributed by atoms with Gasteiger partial charge in [0, 0.05) is 18.7 Å². The van der Waals surface area contributed by atoms with Crippen LogP contribution in [-0.4, -0.2) is 80.3 Å². The smallest absolute Gasteiger partial charge is 0.328 e. The molecule has 216 valence electrons. The van der Waals surface area contributed by atoms with Crippen LogP contribution in [0.25, 0.3) is 11.2 Å². The molecule has 13 heteroatoms. The van der Waals surface area contributed by atoms with Crippen molar-refractivity contribution in [2.75, 3.05) is 25.0 Å². The standard InChI is InChI=1S/C28H33N7O6/c1-3-29-28(38)33-23-20-24(31-14-30-23)35(15-32-20)19-13-17(25(36)34-12-8-11-18(34)26(37)39-4-2)21-22(19)41-27(40-21)16-9-6-5-7-10-16/h5-7,9-10,14-15,17-19,21-22,27H,3-4,8,11-13H2,1-2H3,(H2,29,30,31,33,38)/t17?,18-,19?,21?,22?,27+/m1/s1. The van der Waals surface area contributed by atoms with Crippen LogP contribution in [0.3, 0.4) is 0 Å². The summed E-state index contributed by atoms with van der Waals surface area (Å²) in [6.45, 7) is 4.79. The van der Waals surface area contributed by atoms with Crippen LogP contribution < -0.4 is 10.6 Å². The second-order valence-electron chi connectivity index (χ2n) is 10.3. The summed E-state index contributed by atoms with van der Waals surface area (Å²) in [5.74, 6) is -0.796. The Morgan fingerprint density at radius 1 is 1.07 bits per heavy atom. The topological polar surface area (TPSA) is 150 Å². The maximum absolute atomic E-state index is 14.0. The lowest BCUT2D eigenvalue weighted by atomic mass is 10.0. The number of aromatic nitrogens is 4. The molecule has 0 radical (unpaired) electrons. The number of likely N-dealkylation sites (tertiary alicyclic amines) is 1. The Balaban J connectivity index is 1.33. The number of fused-ring (bicyclic) bond motifs is 2. The number of imidazole rings is 1. The van der Waals surface area contributed by atoms with Gasteiger partial charge in [0.05, 0.1) is 24.9 Å². The highest BCUT2D eigenvalue weighted by Crippen LogP contribution is 2.49. The largest absolute Gasteiger partial charge is 0.464 e. The Bertz CT molecular complexity index is 1430. The summed E-state index contributed by atoms with van der Waals surface area (Å²) in [6, 6.07) is 8.25. The second-order valence-corrected chi connectivity index (χ2v) is 10.3. The molecule has 1 saturated carbocycles. The Labute approximate surface area is 236 Å². The first kappa shape index (κ1) is 27.1. The Morgan fingerprint density at radius 2 is 1.88 bits per heavy atom. The number of rotatable bonds is 7. The molecule has 41 heavy (non-hydrogen) atoms. The van der Waals surface area contributed by atoms with E-state index in [4.69, 9.17) is 14.2 Å². The van der Waals surface area contributed by atoms with Crippen LogP contribution in [0.2, 0.25) is 0 Å². The molecule has 3 amide bonds. The minimum absolute atomic E-state index is 0.145.